The first-order valence-electron chi connectivity index (χ1n) is 9.11. The molecule has 0 spiro atoms. The molecule has 2 aromatic carbocycles. The second kappa shape index (κ2) is 7.63. The minimum absolute atomic E-state index is 0.0304. The molecular formula is C22H23N3O2. The number of carbonyl (C=O) groups excluding carboxylic acids is 2. The summed E-state index contributed by atoms with van der Waals surface area (Å²) >= 11 is 0. The van der Waals surface area contributed by atoms with Crippen LogP contribution < -0.4 is 10.2 Å². The van der Waals surface area contributed by atoms with E-state index in [0.717, 1.165) is 16.8 Å². The molecule has 5 nitrogen and oxygen atoms in total. The number of amides is 2. The van der Waals surface area contributed by atoms with Crippen LogP contribution >= 0.6 is 0 Å². The lowest BCUT2D eigenvalue weighted by molar-refractivity contribution is -0.122. The first-order chi connectivity index (χ1) is 12.9. The zero-order chi connectivity index (χ0) is 19.6. The van der Waals surface area contributed by atoms with Crippen molar-refractivity contribution in [1.82, 2.24) is 0 Å². The van der Waals surface area contributed by atoms with Gasteiger partial charge >= 0.3 is 0 Å². The van der Waals surface area contributed by atoms with E-state index in [-0.39, 0.29) is 24.2 Å². The van der Waals surface area contributed by atoms with Gasteiger partial charge in [-0.2, -0.15) is 5.26 Å². The number of carbonyl (C=O) groups is 2. The number of anilines is 2. The molecular weight excluding hydrogens is 338 g/mol. The number of rotatable bonds is 4. The molecule has 0 saturated carbocycles. The van der Waals surface area contributed by atoms with Crippen molar-refractivity contribution in [2.24, 2.45) is 5.92 Å². The Balaban J connectivity index is 1.80. The van der Waals surface area contributed by atoms with Crippen LogP contribution in [0, 0.1) is 24.2 Å². The van der Waals surface area contributed by atoms with Crippen molar-refractivity contribution in [3.8, 4) is 6.07 Å². The third kappa shape index (κ3) is 3.85. The number of nitriles is 1. The topological polar surface area (TPSA) is 73.2 Å². The molecule has 1 aliphatic heterocycles. The van der Waals surface area contributed by atoms with Gasteiger partial charge in [0.1, 0.15) is 0 Å². The molecule has 0 aliphatic carbocycles. The van der Waals surface area contributed by atoms with E-state index in [4.69, 9.17) is 5.26 Å². The van der Waals surface area contributed by atoms with Crippen LogP contribution in [0.2, 0.25) is 0 Å². The maximum atomic E-state index is 12.7. The van der Waals surface area contributed by atoms with Gasteiger partial charge in [-0.25, -0.2) is 0 Å². The monoisotopic (exact) mass is 361 g/mol. The lowest BCUT2D eigenvalue weighted by Gasteiger charge is -2.24. The largest absolute Gasteiger partial charge is 0.326 e. The number of nitrogens with zero attached hydrogens (tertiary/aromatic N) is 2. The summed E-state index contributed by atoms with van der Waals surface area (Å²) in [6.45, 7) is 6.57. The molecule has 1 heterocycles. The summed E-state index contributed by atoms with van der Waals surface area (Å²) in [5.74, 6) is -0.352. The third-order valence-corrected chi connectivity index (χ3v) is 4.92. The zero-order valence-corrected chi connectivity index (χ0v) is 15.8. The van der Waals surface area contributed by atoms with Gasteiger partial charge in [0.05, 0.1) is 17.6 Å². The Hall–Kier alpha value is -3.13. The fraction of sp³-hybridized carbons (Fsp3) is 0.318. The molecule has 0 radical (unpaired) electrons. The van der Waals surface area contributed by atoms with Crippen LogP contribution in [-0.2, 0) is 9.59 Å². The number of aryl methyl sites for hydroxylation is 1. The van der Waals surface area contributed by atoms with E-state index in [9.17, 15) is 9.59 Å². The highest BCUT2D eigenvalue weighted by Crippen LogP contribution is 2.35. The number of para-hydroxylation sites is 1. The molecule has 5 heteroatoms. The average Bonchev–Trinajstić information content (AvgIpc) is 3.03. The van der Waals surface area contributed by atoms with Gasteiger partial charge in [0.25, 0.3) is 0 Å². The highest BCUT2D eigenvalue weighted by Gasteiger charge is 2.36. The lowest BCUT2D eigenvalue weighted by Crippen LogP contribution is -2.29. The summed E-state index contributed by atoms with van der Waals surface area (Å²) in [7, 11) is 0. The molecule has 1 fully saturated rings. The fourth-order valence-corrected chi connectivity index (χ4v) is 3.53. The summed E-state index contributed by atoms with van der Waals surface area (Å²) in [6, 6.07) is 14.9. The van der Waals surface area contributed by atoms with Crippen molar-refractivity contribution in [3.05, 3.63) is 59.2 Å². The van der Waals surface area contributed by atoms with Crippen LogP contribution in [0.25, 0.3) is 0 Å². The van der Waals surface area contributed by atoms with Crippen LogP contribution in [0.1, 0.15) is 42.9 Å². The molecule has 0 bridgehead atoms. The maximum absolute atomic E-state index is 12.7. The predicted molar refractivity (Wildman–Crippen MR) is 106 cm³/mol. The van der Waals surface area contributed by atoms with Gasteiger partial charge in [-0.1, -0.05) is 38.1 Å². The van der Waals surface area contributed by atoms with Crippen LogP contribution in [0.5, 0.6) is 0 Å². The molecule has 1 unspecified atom stereocenters. The third-order valence-electron chi connectivity index (χ3n) is 4.92. The SMILES string of the molecule is Cc1cccc(C(C)C)c1N1CC(C(=O)Nc2cccc(C#N)c2)CC1=O. The standard InChI is InChI=1S/C22H23N3O2/c1-14(2)19-9-4-6-15(3)21(19)25-13-17(11-20(25)26)22(27)24-18-8-5-7-16(10-18)12-23/h4-10,14,17H,11,13H2,1-3H3,(H,24,27). The Labute approximate surface area is 159 Å². The second-order valence-corrected chi connectivity index (χ2v) is 7.25. The quantitative estimate of drug-likeness (QED) is 0.895. The normalized spacial score (nSPS) is 16.5. The molecule has 1 aliphatic rings. The lowest BCUT2D eigenvalue weighted by atomic mass is 9.97. The molecule has 1 saturated heterocycles. The van der Waals surface area contributed by atoms with Crippen LogP contribution in [0.15, 0.2) is 42.5 Å². The molecule has 2 amide bonds. The minimum atomic E-state index is -0.414. The van der Waals surface area contributed by atoms with Crippen molar-refractivity contribution in [3.63, 3.8) is 0 Å². The molecule has 138 valence electrons. The highest BCUT2D eigenvalue weighted by molar-refractivity contribution is 6.04. The summed E-state index contributed by atoms with van der Waals surface area (Å²) in [4.78, 5) is 27.1. The smallest absolute Gasteiger partial charge is 0.229 e. The first kappa shape index (κ1) is 18.7. The van der Waals surface area contributed by atoms with E-state index in [1.165, 1.54) is 0 Å². The number of benzene rings is 2. The Morgan fingerprint density at radius 1 is 1.26 bits per heavy atom. The van der Waals surface area contributed by atoms with Gasteiger partial charge < -0.3 is 10.2 Å². The van der Waals surface area contributed by atoms with Crippen LogP contribution in [0.3, 0.4) is 0 Å². The van der Waals surface area contributed by atoms with E-state index in [0.29, 0.717) is 17.8 Å². The summed E-state index contributed by atoms with van der Waals surface area (Å²) in [6.07, 6.45) is 0.190. The summed E-state index contributed by atoms with van der Waals surface area (Å²) in [5, 5.41) is 11.8. The average molecular weight is 361 g/mol. The van der Waals surface area contributed by atoms with Crippen molar-refractivity contribution in [1.29, 1.82) is 5.26 Å². The molecule has 1 N–H and O–H groups in total. The molecule has 3 rings (SSSR count). The van der Waals surface area contributed by atoms with E-state index in [2.05, 4.69) is 25.2 Å². The minimum Gasteiger partial charge on any atom is -0.326 e. The Morgan fingerprint density at radius 2 is 2.00 bits per heavy atom. The van der Waals surface area contributed by atoms with Crippen molar-refractivity contribution < 1.29 is 9.59 Å². The van der Waals surface area contributed by atoms with Gasteiger partial charge in [-0.05, 0) is 42.2 Å². The fourth-order valence-electron chi connectivity index (χ4n) is 3.53. The van der Waals surface area contributed by atoms with Crippen molar-refractivity contribution in [2.45, 2.75) is 33.1 Å². The van der Waals surface area contributed by atoms with Crippen molar-refractivity contribution >= 4 is 23.2 Å². The van der Waals surface area contributed by atoms with Gasteiger partial charge in [-0.3, -0.25) is 9.59 Å². The Morgan fingerprint density at radius 3 is 2.70 bits per heavy atom. The molecule has 27 heavy (non-hydrogen) atoms. The second-order valence-electron chi connectivity index (χ2n) is 7.25. The number of hydrogen-bond donors (Lipinski definition) is 1. The summed E-state index contributed by atoms with van der Waals surface area (Å²) < 4.78 is 0. The molecule has 1 atom stereocenters. The van der Waals surface area contributed by atoms with Crippen LogP contribution in [-0.4, -0.2) is 18.4 Å². The molecule has 0 aromatic heterocycles. The predicted octanol–water partition coefficient (Wildman–Crippen LogP) is 3.98. The van der Waals surface area contributed by atoms with E-state index in [1.54, 1.807) is 29.2 Å². The first-order valence-corrected chi connectivity index (χ1v) is 9.11. The van der Waals surface area contributed by atoms with Gasteiger partial charge in [-0.15, -0.1) is 0 Å². The molecule has 2 aromatic rings. The number of hydrogen-bond acceptors (Lipinski definition) is 3. The van der Waals surface area contributed by atoms with Gasteiger partial charge in [0, 0.05) is 24.3 Å². The maximum Gasteiger partial charge on any atom is 0.229 e. The summed E-state index contributed by atoms with van der Waals surface area (Å²) in [5.41, 5.74) is 4.14. The number of nitrogens with one attached hydrogen (secondary N) is 1. The zero-order valence-electron chi connectivity index (χ0n) is 15.8. The van der Waals surface area contributed by atoms with E-state index in [1.807, 2.05) is 25.1 Å². The van der Waals surface area contributed by atoms with Crippen molar-refractivity contribution in [2.75, 3.05) is 16.8 Å². The van der Waals surface area contributed by atoms with E-state index >= 15 is 0 Å². The van der Waals surface area contributed by atoms with Crippen LogP contribution in [0.4, 0.5) is 11.4 Å². The van der Waals surface area contributed by atoms with Gasteiger partial charge in [0.2, 0.25) is 11.8 Å². The van der Waals surface area contributed by atoms with E-state index < -0.39 is 5.92 Å². The van der Waals surface area contributed by atoms with Gasteiger partial charge in [0.15, 0.2) is 0 Å². The Bertz CT molecular complexity index is 927. The Kier molecular flexibility index (Phi) is 5.27. The highest BCUT2D eigenvalue weighted by atomic mass is 16.2.